The summed E-state index contributed by atoms with van der Waals surface area (Å²) in [5.41, 5.74) is -1.30. The minimum absolute atomic E-state index is 0.167. The van der Waals surface area contributed by atoms with Crippen LogP contribution >= 0.6 is 11.3 Å². The molecule has 1 saturated heterocycles. The van der Waals surface area contributed by atoms with Gasteiger partial charge >= 0.3 is 6.03 Å². The van der Waals surface area contributed by atoms with E-state index in [2.05, 4.69) is 10.6 Å². The lowest BCUT2D eigenvalue weighted by atomic mass is 9.99. The topological polar surface area (TPSA) is 91.7 Å². The largest absolute Gasteiger partial charge is 0.466 e. The van der Waals surface area contributed by atoms with E-state index >= 15 is 0 Å². The molecular formula is C18H21N3O4S. The van der Waals surface area contributed by atoms with Gasteiger partial charge in [0.15, 0.2) is 5.54 Å². The highest BCUT2D eigenvalue weighted by atomic mass is 32.1. The van der Waals surface area contributed by atoms with Crippen molar-refractivity contribution >= 4 is 29.2 Å². The first-order valence-electron chi connectivity index (χ1n) is 8.34. The molecule has 26 heavy (non-hydrogen) atoms. The van der Waals surface area contributed by atoms with E-state index in [4.69, 9.17) is 4.42 Å². The van der Waals surface area contributed by atoms with Crippen molar-refractivity contribution < 1.29 is 18.8 Å². The third-order valence-corrected chi connectivity index (χ3v) is 5.38. The van der Waals surface area contributed by atoms with Gasteiger partial charge in [0.25, 0.3) is 5.91 Å². The molecule has 1 fully saturated rings. The van der Waals surface area contributed by atoms with Gasteiger partial charge in [-0.1, -0.05) is 19.9 Å². The predicted molar refractivity (Wildman–Crippen MR) is 96.3 cm³/mol. The fourth-order valence-corrected chi connectivity index (χ4v) is 3.92. The van der Waals surface area contributed by atoms with Crippen molar-refractivity contribution in [2.24, 2.45) is 5.92 Å². The number of carbonyl (C=O) groups excluding carboxylic acids is 3. The zero-order valence-electron chi connectivity index (χ0n) is 14.8. The first kappa shape index (κ1) is 18.2. The Morgan fingerprint density at radius 2 is 2.12 bits per heavy atom. The second kappa shape index (κ2) is 6.95. The van der Waals surface area contributed by atoms with Gasteiger partial charge in [-0.2, -0.15) is 0 Å². The molecule has 2 atom stereocenters. The van der Waals surface area contributed by atoms with Crippen LogP contribution in [0.2, 0.25) is 0 Å². The van der Waals surface area contributed by atoms with Crippen LogP contribution in [0.5, 0.6) is 0 Å². The Morgan fingerprint density at radius 1 is 1.35 bits per heavy atom. The molecule has 1 aliphatic rings. The van der Waals surface area contributed by atoms with Gasteiger partial charge in [0.2, 0.25) is 5.91 Å². The van der Waals surface area contributed by atoms with Crippen LogP contribution < -0.4 is 10.6 Å². The van der Waals surface area contributed by atoms with Crippen LogP contribution in [-0.4, -0.2) is 29.3 Å². The maximum absolute atomic E-state index is 12.7. The molecule has 2 N–H and O–H groups in total. The van der Waals surface area contributed by atoms with Crippen molar-refractivity contribution in [2.45, 2.75) is 32.4 Å². The maximum Gasteiger partial charge on any atom is 0.325 e. The molecule has 3 heterocycles. The van der Waals surface area contributed by atoms with Gasteiger partial charge < -0.3 is 15.1 Å². The summed E-state index contributed by atoms with van der Waals surface area (Å²) in [6.07, 6.45) is 1.43. The normalized spacial score (nSPS) is 21.2. The van der Waals surface area contributed by atoms with Crippen LogP contribution in [0.25, 0.3) is 0 Å². The lowest BCUT2D eigenvalue weighted by Gasteiger charge is -2.23. The molecule has 0 aromatic carbocycles. The third kappa shape index (κ3) is 3.24. The molecule has 1 aliphatic heterocycles. The van der Waals surface area contributed by atoms with Crippen LogP contribution in [0.1, 0.15) is 37.5 Å². The Bertz CT molecular complexity index is 801. The summed E-state index contributed by atoms with van der Waals surface area (Å²) in [5, 5.41) is 7.48. The van der Waals surface area contributed by atoms with Gasteiger partial charge in [-0.25, -0.2) is 4.79 Å². The van der Waals surface area contributed by atoms with E-state index in [1.165, 1.54) is 6.26 Å². The minimum Gasteiger partial charge on any atom is -0.466 e. The predicted octanol–water partition coefficient (Wildman–Crippen LogP) is 2.62. The zero-order valence-corrected chi connectivity index (χ0v) is 15.6. The van der Waals surface area contributed by atoms with E-state index in [0.717, 1.165) is 9.78 Å². The summed E-state index contributed by atoms with van der Waals surface area (Å²) in [6, 6.07) is 6.36. The highest BCUT2D eigenvalue weighted by Crippen LogP contribution is 2.29. The van der Waals surface area contributed by atoms with Gasteiger partial charge in [0, 0.05) is 4.88 Å². The van der Waals surface area contributed by atoms with Gasteiger partial charge in [0.1, 0.15) is 12.3 Å². The molecule has 0 radical (unpaired) electrons. The van der Waals surface area contributed by atoms with Crippen molar-refractivity contribution in [2.75, 3.05) is 6.54 Å². The zero-order chi connectivity index (χ0) is 18.9. The molecule has 4 amide bonds. The molecular weight excluding hydrogens is 354 g/mol. The first-order valence-corrected chi connectivity index (χ1v) is 9.21. The van der Waals surface area contributed by atoms with Crippen LogP contribution in [-0.2, 0) is 15.1 Å². The maximum atomic E-state index is 12.7. The summed E-state index contributed by atoms with van der Waals surface area (Å²) in [5.74, 6) is -0.388. The van der Waals surface area contributed by atoms with E-state index in [0.29, 0.717) is 5.76 Å². The lowest BCUT2D eigenvalue weighted by Crippen LogP contribution is -2.44. The number of furan rings is 1. The van der Waals surface area contributed by atoms with Crippen molar-refractivity contribution in [1.82, 2.24) is 15.5 Å². The number of imide groups is 1. The molecule has 0 unspecified atom stereocenters. The number of nitrogens with zero attached hydrogens (tertiary/aromatic N) is 1. The molecule has 0 saturated carbocycles. The number of thiophene rings is 1. The van der Waals surface area contributed by atoms with E-state index in [-0.39, 0.29) is 24.4 Å². The lowest BCUT2D eigenvalue weighted by molar-refractivity contribution is -0.135. The summed E-state index contributed by atoms with van der Waals surface area (Å²) in [7, 11) is 0. The van der Waals surface area contributed by atoms with E-state index in [1.54, 1.807) is 30.4 Å². The SMILES string of the molecule is CC(C)[C@@H](NC(=O)CN1C(=O)N[C@@](C)(c2ccco2)C1=O)c1cccs1. The summed E-state index contributed by atoms with van der Waals surface area (Å²) in [6.45, 7) is 5.24. The quantitative estimate of drug-likeness (QED) is 0.759. The van der Waals surface area contributed by atoms with Crippen LogP contribution in [0.3, 0.4) is 0 Å². The standard InChI is InChI=1S/C18H21N3O4S/c1-11(2)15(12-6-5-9-26-12)19-14(22)10-21-16(23)18(3,20-17(21)24)13-7-4-8-25-13/h4-9,11,15H,10H2,1-3H3,(H,19,22)(H,20,24)/t15-,18+/m1/s1. The highest BCUT2D eigenvalue weighted by molar-refractivity contribution is 7.10. The smallest absolute Gasteiger partial charge is 0.325 e. The van der Waals surface area contributed by atoms with Crippen molar-refractivity contribution in [1.29, 1.82) is 0 Å². The molecule has 0 spiro atoms. The number of urea groups is 1. The molecule has 3 rings (SSSR count). The number of hydrogen-bond acceptors (Lipinski definition) is 5. The molecule has 8 heteroatoms. The Labute approximate surface area is 155 Å². The molecule has 2 aromatic rings. The molecule has 2 aromatic heterocycles. The van der Waals surface area contributed by atoms with Crippen LogP contribution in [0.15, 0.2) is 40.3 Å². The average molecular weight is 375 g/mol. The van der Waals surface area contributed by atoms with Gasteiger partial charge in [0.05, 0.1) is 12.3 Å². The van der Waals surface area contributed by atoms with E-state index in [9.17, 15) is 14.4 Å². The van der Waals surface area contributed by atoms with Crippen LogP contribution in [0.4, 0.5) is 4.79 Å². The third-order valence-electron chi connectivity index (χ3n) is 4.42. The van der Waals surface area contributed by atoms with Crippen molar-refractivity contribution in [3.8, 4) is 0 Å². The molecule has 0 bridgehead atoms. The fraction of sp³-hybridized carbons (Fsp3) is 0.389. The molecule has 7 nitrogen and oxygen atoms in total. The second-order valence-electron chi connectivity index (χ2n) is 6.73. The van der Waals surface area contributed by atoms with Gasteiger partial charge in [-0.15, -0.1) is 11.3 Å². The van der Waals surface area contributed by atoms with Crippen LogP contribution in [0, 0.1) is 5.92 Å². The summed E-state index contributed by atoms with van der Waals surface area (Å²) >= 11 is 1.56. The number of nitrogens with one attached hydrogen (secondary N) is 2. The van der Waals surface area contributed by atoms with Crippen molar-refractivity contribution in [3.05, 3.63) is 46.5 Å². The van der Waals surface area contributed by atoms with Crippen molar-refractivity contribution in [3.63, 3.8) is 0 Å². The Balaban J connectivity index is 1.71. The summed E-state index contributed by atoms with van der Waals surface area (Å²) in [4.78, 5) is 39.4. The summed E-state index contributed by atoms with van der Waals surface area (Å²) < 4.78 is 5.28. The minimum atomic E-state index is -1.30. The van der Waals surface area contributed by atoms with E-state index < -0.39 is 17.5 Å². The number of hydrogen-bond donors (Lipinski definition) is 2. The Morgan fingerprint density at radius 3 is 2.69 bits per heavy atom. The van der Waals surface area contributed by atoms with Gasteiger partial charge in [-0.05, 0) is 36.4 Å². The van der Waals surface area contributed by atoms with Gasteiger partial charge in [-0.3, -0.25) is 14.5 Å². The highest BCUT2D eigenvalue weighted by Gasteiger charge is 2.51. The molecule has 138 valence electrons. The average Bonchev–Trinajstić information content (AvgIpc) is 3.32. The molecule has 0 aliphatic carbocycles. The Kier molecular flexibility index (Phi) is 4.86. The van der Waals surface area contributed by atoms with E-state index in [1.807, 2.05) is 31.4 Å². The second-order valence-corrected chi connectivity index (χ2v) is 7.71. The number of rotatable bonds is 6. The fourth-order valence-electron chi connectivity index (χ4n) is 2.97. The first-order chi connectivity index (χ1) is 12.3. The number of carbonyl (C=O) groups is 3. The number of amides is 4. The monoisotopic (exact) mass is 375 g/mol. The Hall–Kier alpha value is -2.61.